The van der Waals surface area contributed by atoms with Gasteiger partial charge in [0, 0.05) is 25.2 Å². The zero-order valence-corrected chi connectivity index (χ0v) is 19.9. The van der Waals surface area contributed by atoms with Crippen LogP contribution >= 0.6 is 0 Å². The van der Waals surface area contributed by atoms with Crippen molar-refractivity contribution < 1.29 is 32.3 Å². The van der Waals surface area contributed by atoms with E-state index in [2.05, 4.69) is 4.74 Å². The molecule has 0 spiro atoms. The van der Waals surface area contributed by atoms with E-state index in [1.54, 1.807) is 12.1 Å². The maximum absolute atomic E-state index is 13.0. The number of ether oxygens (including phenoxy) is 3. The monoisotopic (exact) mass is 490 g/mol. The van der Waals surface area contributed by atoms with Crippen molar-refractivity contribution in [3.63, 3.8) is 0 Å². The van der Waals surface area contributed by atoms with E-state index in [1.807, 2.05) is 6.92 Å². The summed E-state index contributed by atoms with van der Waals surface area (Å²) in [5, 5.41) is 11.7. The topological polar surface area (TPSA) is 125 Å². The van der Waals surface area contributed by atoms with Crippen molar-refractivity contribution in [3.05, 3.63) is 58.2 Å². The molecular formula is C23H26N2O8S. The molecule has 0 aliphatic carbocycles. The molecular weight excluding hydrogens is 464 g/mol. The van der Waals surface area contributed by atoms with Crippen molar-refractivity contribution in [2.24, 2.45) is 5.92 Å². The highest BCUT2D eigenvalue weighted by Crippen LogP contribution is 2.38. The van der Waals surface area contributed by atoms with E-state index in [-0.39, 0.29) is 28.1 Å². The molecule has 1 aliphatic rings. The molecule has 1 heterocycles. The van der Waals surface area contributed by atoms with Crippen LogP contribution in [-0.4, -0.2) is 50.9 Å². The van der Waals surface area contributed by atoms with Gasteiger partial charge in [-0.3, -0.25) is 10.1 Å². The Hall–Kier alpha value is -3.44. The predicted octanol–water partition coefficient (Wildman–Crippen LogP) is 4.00. The maximum Gasteiger partial charge on any atom is 0.330 e. The van der Waals surface area contributed by atoms with E-state index >= 15 is 0 Å². The quantitative estimate of drug-likeness (QED) is 0.235. The van der Waals surface area contributed by atoms with E-state index in [4.69, 9.17) is 9.47 Å². The third-order valence-electron chi connectivity index (χ3n) is 5.41. The van der Waals surface area contributed by atoms with E-state index in [0.717, 1.165) is 18.9 Å². The molecule has 1 atom stereocenters. The van der Waals surface area contributed by atoms with Gasteiger partial charge in [-0.15, -0.1) is 0 Å². The number of benzene rings is 2. The lowest BCUT2D eigenvalue weighted by molar-refractivity contribution is -0.385. The van der Waals surface area contributed by atoms with Crippen molar-refractivity contribution in [1.29, 1.82) is 0 Å². The van der Waals surface area contributed by atoms with Crippen LogP contribution in [0.5, 0.6) is 17.2 Å². The highest BCUT2D eigenvalue weighted by Gasteiger charge is 2.31. The number of rotatable bonds is 8. The van der Waals surface area contributed by atoms with Crippen LogP contribution in [0.25, 0.3) is 6.08 Å². The van der Waals surface area contributed by atoms with Crippen molar-refractivity contribution in [2.75, 3.05) is 27.3 Å². The first-order valence-corrected chi connectivity index (χ1v) is 12.0. The van der Waals surface area contributed by atoms with Gasteiger partial charge in [-0.05, 0) is 54.7 Å². The Morgan fingerprint density at radius 3 is 2.53 bits per heavy atom. The Labute approximate surface area is 197 Å². The van der Waals surface area contributed by atoms with Crippen LogP contribution in [-0.2, 0) is 19.6 Å². The lowest BCUT2D eigenvalue weighted by atomic mass is 10.0. The summed E-state index contributed by atoms with van der Waals surface area (Å²) in [6.07, 6.45) is 4.44. The number of sulfonamides is 1. The van der Waals surface area contributed by atoms with Crippen LogP contribution < -0.4 is 9.47 Å². The van der Waals surface area contributed by atoms with Crippen molar-refractivity contribution in [3.8, 4) is 17.2 Å². The molecule has 2 aromatic rings. The van der Waals surface area contributed by atoms with Gasteiger partial charge in [0.05, 0.1) is 24.0 Å². The third-order valence-corrected chi connectivity index (χ3v) is 7.27. The first-order valence-electron chi connectivity index (χ1n) is 10.6. The number of esters is 1. The number of carbonyl (C=O) groups excluding carboxylic acids is 1. The van der Waals surface area contributed by atoms with Crippen LogP contribution in [0.4, 0.5) is 5.69 Å². The Morgan fingerprint density at radius 1 is 1.15 bits per heavy atom. The molecule has 182 valence electrons. The molecule has 1 fully saturated rings. The van der Waals surface area contributed by atoms with Gasteiger partial charge < -0.3 is 14.2 Å². The molecule has 1 aliphatic heterocycles. The van der Waals surface area contributed by atoms with Crippen molar-refractivity contribution in [1.82, 2.24) is 4.31 Å². The van der Waals surface area contributed by atoms with Crippen molar-refractivity contribution >= 4 is 27.8 Å². The molecule has 34 heavy (non-hydrogen) atoms. The fraction of sp³-hybridized carbons (Fsp3) is 0.348. The largest absolute Gasteiger partial charge is 0.493 e. The Bertz CT molecular complexity index is 1210. The van der Waals surface area contributed by atoms with Crippen LogP contribution in [0.2, 0.25) is 0 Å². The van der Waals surface area contributed by atoms with Gasteiger partial charge in [0.25, 0.3) is 0 Å². The standard InChI is InChI=1S/C23H26N2O8S/c1-16-5-4-12-24(15-16)34(29,30)18-8-10-20(19(14-18)25(27)28)33-21-9-6-17(13-22(21)31-2)7-11-23(26)32-3/h6-11,13-14,16H,4-5,12,15H2,1-3H3/b11-7+. The SMILES string of the molecule is COC(=O)/C=C/c1ccc(Oc2ccc(S(=O)(=O)N3CCCC(C)C3)cc2[N+](=O)[O-])c(OC)c1. The first kappa shape index (κ1) is 25.2. The lowest BCUT2D eigenvalue weighted by Crippen LogP contribution is -2.39. The predicted molar refractivity (Wildman–Crippen MR) is 124 cm³/mol. The summed E-state index contributed by atoms with van der Waals surface area (Å²) in [6, 6.07) is 8.32. The molecule has 2 aromatic carbocycles. The minimum absolute atomic E-state index is 0.132. The summed E-state index contributed by atoms with van der Waals surface area (Å²) < 4.78 is 43.1. The third kappa shape index (κ3) is 5.72. The molecule has 11 heteroatoms. The second kappa shape index (κ2) is 10.7. The zero-order chi connectivity index (χ0) is 24.9. The summed E-state index contributed by atoms with van der Waals surface area (Å²) in [5.74, 6) is 0.0108. The number of hydrogen-bond donors (Lipinski definition) is 0. The summed E-state index contributed by atoms with van der Waals surface area (Å²) in [7, 11) is -1.20. The van der Waals surface area contributed by atoms with Gasteiger partial charge in [-0.2, -0.15) is 4.31 Å². The molecule has 1 unspecified atom stereocenters. The molecule has 0 amide bonds. The van der Waals surface area contributed by atoms with Gasteiger partial charge in [-0.1, -0.05) is 13.0 Å². The average molecular weight is 491 g/mol. The normalized spacial score (nSPS) is 16.9. The van der Waals surface area contributed by atoms with Crippen LogP contribution in [0.15, 0.2) is 47.4 Å². The van der Waals surface area contributed by atoms with Crippen LogP contribution in [0.3, 0.4) is 0 Å². The van der Waals surface area contributed by atoms with Gasteiger partial charge in [0.2, 0.25) is 15.8 Å². The second-order valence-electron chi connectivity index (χ2n) is 7.87. The number of methoxy groups -OCH3 is 2. The summed E-state index contributed by atoms with van der Waals surface area (Å²) >= 11 is 0. The van der Waals surface area contributed by atoms with E-state index in [0.29, 0.717) is 18.7 Å². The minimum Gasteiger partial charge on any atom is -0.493 e. The Kier molecular flexibility index (Phi) is 7.90. The Morgan fingerprint density at radius 2 is 1.88 bits per heavy atom. The maximum atomic E-state index is 13.0. The van der Waals surface area contributed by atoms with Gasteiger partial charge >= 0.3 is 11.7 Å². The summed E-state index contributed by atoms with van der Waals surface area (Å²) in [4.78, 5) is 22.2. The molecule has 0 N–H and O–H groups in total. The van der Waals surface area contributed by atoms with Gasteiger partial charge in [0.1, 0.15) is 0 Å². The minimum atomic E-state index is -3.87. The van der Waals surface area contributed by atoms with Crippen molar-refractivity contribution in [2.45, 2.75) is 24.7 Å². The summed E-state index contributed by atoms with van der Waals surface area (Å²) in [6.45, 7) is 2.74. The second-order valence-corrected chi connectivity index (χ2v) is 9.80. The highest BCUT2D eigenvalue weighted by molar-refractivity contribution is 7.89. The fourth-order valence-electron chi connectivity index (χ4n) is 3.62. The summed E-state index contributed by atoms with van der Waals surface area (Å²) in [5.41, 5.74) is 0.129. The van der Waals surface area contributed by atoms with E-state index in [9.17, 15) is 23.3 Å². The van der Waals surface area contributed by atoms with Gasteiger partial charge in [-0.25, -0.2) is 13.2 Å². The smallest absolute Gasteiger partial charge is 0.330 e. The van der Waals surface area contributed by atoms with E-state index in [1.165, 1.54) is 48.9 Å². The molecule has 1 saturated heterocycles. The van der Waals surface area contributed by atoms with E-state index < -0.39 is 26.6 Å². The number of piperidine rings is 1. The number of nitro groups is 1. The number of hydrogen-bond acceptors (Lipinski definition) is 8. The molecule has 0 radical (unpaired) electrons. The van der Waals surface area contributed by atoms with Gasteiger partial charge in [0.15, 0.2) is 11.5 Å². The Balaban J connectivity index is 1.91. The number of nitrogens with zero attached hydrogens (tertiary/aromatic N) is 2. The molecule has 0 aromatic heterocycles. The number of nitro benzene ring substituents is 1. The average Bonchev–Trinajstić information content (AvgIpc) is 2.83. The molecule has 3 rings (SSSR count). The number of carbonyl (C=O) groups is 1. The van der Waals surface area contributed by atoms with Crippen LogP contribution in [0.1, 0.15) is 25.3 Å². The molecule has 10 nitrogen and oxygen atoms in total. The zero-order valence-electron chi connectivity index (χ0n) is 19.1. The first-order chi connectivity index (χ1) is 16.1. The van der Waals surface area contributed by atoms with Crippen LogP contribution in [0, 0.1) is 16.0 Å². The molecule has 0 bridgehead atoms. The lowest BCUT2D eigenvalue weighted by Gasteiger charge is -2.30. The molecule has 0 saturated carbocycles. The fourth-order valence-corrected chi connectivity index (χ4v) is 5.24. The highest BCUT2D eigenvalue weighted by atomic mass is 32.2.